The lowest BCUT2D eigenvalue weighted by Crippen LogP contribution is -3.14. The lowest BCUT2D eigenvalue weighted by atomic mass is 10.0. The lowest BCUT2D eigenvalue weighted by Gasteiger charge is -2.29. The maximum Gasteiger partial charge on any atom is 0.279 e. The quantitative estimate of drug-likeness (QED) is 0.782. The van der Waals surface area contributed by atoms with E-state index in [0.717, 1.165) is 13.0 Å². The first-order valence-corrected chi connectivity index (χ1v) is 8.99. The van der Waals surface area contributed by atoms with Crippen LogP contribution in [0, 0.1) is 0 Å². The van der Waals surface area contributed by atoms with Gasteiger partial charge in [-0.25, -0.2) is 0 Å². The predicted molar refractivity (Wildman–Crippen MR) is 95.6 cm³/mol. The zero-order chi connectivity index (χ0) is 17.1. The molecule has 0 fully saturated rings. The molecule has 3 N–H and O–H groups in total. The molecule has 6 heteroatoms. The van der Waals surface area contributed by atoms with Gasteiger partial charge in [0.1, 0.15) is 6.04 Å². The minimum Gasteiger partial charge on any atom is -0.355 e. The van der Waals surface area contributed by atoms with E-state index in [2.05, 4.69) is 29.0 Å². The van der Waals surface area contributed by atoms with Crippen molar-refractivity contribution in [3.8, 4) is 0 Å². The normalized spacial score (nSPS) is 19.4. The molecular formula is C18H22N3O2S+. The van der Waals surface area contributed by atoms with Crippen molar-refractivity contribution in [3.63, 3.8) is 0 Å². The Morgan fingerprint density at radius 1 is 1.25 bits per heavy atom. The number of benzene rings is 1. The molecule has 1 aromatic heterocycles. The number of carbonyl (C=O) groups is 2. The topological polar surface area (TPSA) is 62.6 Å². The van der Waals surface area contributed by atoms with Crippen molar-refractivity contribution < 1.29 is 14.5 Å². The van der Waals surface area contributed by atoms with Gasteiger partial charge < -0.3 is 15.5 Å². The Bertz CT molecular complexity index is 739. The van der Waals surface area contributed by atoms with Crippen LogP contribution in [-0.2, 0) is 11.2 Å². The molecule has 0 spiro atoms. The van der Waals surface area contributed by atoms with Gasteiger partial charge in [-0.2, -0.15) is 0 Å². The molecule has 2 heterocycles. The molecule has 1 aliphatic heterocycles. The Kier molecular flexibility index (Phi) is 4.97. The standard InChI is InChI=1S/C18H21N3O2S/c1-12-15-8-10-24-16(15)7-9-21(12)11-17(22)20-14-5-3-13(4-6-14)18(23)19-2/h3-6,8,10,12H,7,9,11H2,1-2H3,(H,19,23)(H,20,22)/p+1/t12-/m0/s1. The van der Waals surface area contributed by atoms with Crippen LogP contribution < -0.4 is 15.5 Å². The summed E-state index contributed by atoms with van der Waals surface area (Å²) in [6.07, 6.45) is 1.04. The summed E-state index contributed by atoms with van der Waals surface area (Å²) in [7, 11) is 1.60. The summed E-state index contributed by atoms with van der Waals surface area (Å²) in [4.78, 5) is 26.6. The second-order valence-corrected chi connectivity index (χ2v) is 7.06. The first-order chi connectivity index (χ1) is 11.6. The first kappa shape index (κ1) is 16.7. The molecule has 1 unspecified atom stereocenters. The van der Waals surface area contributed by atoms with Crippen molar-refractivity contribution in [2.24, 2.45) is 0 Å². The van der Waals surface area contributed by atoms with Gasteiger partial charge in [-0.05, 0) is 42.6 Å². The van der Waals surface area contributed by atoms with E-state index in [9.17, 15) is 9.59 Å². The van der Waals surface area contributed by atoms with Gasteiger partial charge in [0.25, 0.3) is 11.8 Å². The molecule has 24 heavy (non-hydrogen) atoms. The van der Waals surface area contributed by atoms with Crippen LogP contribution in [0.25, 0.3) is 0 Å². The number of hydrogen-bond acceptors (Lipinski definition) is 3. The van der Waals surface area contributed by atoms with E-state index >= 15 is 0 Å². The van der Waals surface area contributed by atoms with Crippen LogP contribution in [-0.4, -0.2) is 32.0 Å². The van der Waals surface area contributed by atoms with Gasteiger partial charge >= 0.3 is 0 Å². The molecule has 1 aromatic carbocycles. The molecule has 0 saturated heterocycles. The van der Waals surface area contributed by atoms with Crippen molar-refractivity contribution in [2.45, 2.75) is 19.4 Å². The van der Waals surface area contributed by atoms with Crippen molar-refractivity contribution in [1.29, 1.82) is 0 Å². The number of quaternary nitrogens is 1. The lowest BCUT2D eigenvalue weighted by molar-refractivity contribution is -0.923. The average molecular weight is 344 g/mol. The van der Waals surface area contributed by atoms with E-state index in [4.69, 9.17) is 0 Å². The minimum atomic E-state index is -0.133. The fraction of sp³-hybridized carbons (Fsp3) is 0.333. The number of nitrogens with one attached hydrogen (secondary N) is 3. The second kappa shape index (κ2) is 7.15. The molecule has 3 rings (SSSR count). The Labute approximate surface area is 145 Å². The average Bonchev–Trinajstić information content (AvgIpc) is 3.07. The van der Waals surface area contributed by atoms with Crippen LogP contribution in [0.1, 0.15) is 33.8 Å². The zero-order valence-electron chi connectivity index (χ0n) is 13.9. The molecule has 5 nitrogen and oxygen atoms in total. The summed E-state index contributed by atoms with van der Waals surface area (Å²) in [5.41, 5.74) is 2.67. The van der Waals surface area contributed by atoms with Gasteiger partial charge in [0.2, 0.25) is 0 Å². The third kappa shape index (κ3) is 3.49. The van der Waals surface area contributed by atoms with Crippen LogP contribution in [0.15, 0.2) is 35.7 Å². The Morgan fingerprint density at radius 3 is 2.71 bits per heavy atom. The highest BCUT2D eigenvalue weighted by molar-refractivity contribution is 7.10. The second-order valence-electron chi connectivity index (χ2n) is 6.06. The Balaban J connectivity index is 1.59. The third-order valence-corrected chi connectivity index (χ3v) is 5.57. The fourth-order valence-electron chi connectivity index (χ4n) is 3.15. The highest BCUT2D eigenvalue weighted by Gasteiger charge is 2.29. The van der Waals surface area contributed by atoms with E-state index in [1.807, 2.05) is 11.3 Å². The van der Waals surface area contributed by atoms with E-state index in [-0.39, 0.29) is 11.8 Å². The van der Waals surface area contributed by atoms with Gasteiger partial charge in [-0.15, -0.1) is 11.3 Å². The fourth-order valence-corrected chi connectivity index (χ4v) is 4.13. The number of thiophene rings is 1. The predicted octanol–water partition coefficient (Wildman–Crippen LogP) is 1.25. The first-order valence-electron chi connectivity index (χ1n) is 8.11. The van der Waals surface area contributed by atoms with Gasteiger partial charge in [-0.1, -0.05) is 0 Å². The number of fused-ring (bicyclic) bond motifs is 1. The van der Waals surface area contributed by atoms with E-state index < -0.39 is 0 Å². The number of hydrogen-bond donors (Lipinski definition) is 3. The summed E-state index contributed by atoms with van der Waals surface area (Å²) in [5.74, 6) is -0.130. The Morgan fingerprint density at radius 2 is 2.00 bits per heavy atom. The van der Waals surface area contributed by atoms with E-state index in [0.29, 0.717) is 23.8 Å². The van der Waals surface area contributed by atoms with Gasteiger partial charge in [0, 0.05) is 35.2 Å². The third-order valence-electron chi connectivity index (χ3n) is 4.58. The molecule has 0 aliphatic carbocycles. The number of anilines is 1. The number of rotatable bonds is 4. The Hall–Kier alpha value is -2.18. The summed E-state index contributed by atoms with van der Waals surface area (Å²) < 4.78 is 0. The van der Waals surface area contributed by atoms with Crippen molar-refractivity contribution in [3.05, 3.63) is 51.7 Å². The van der Waals surface area contributed by atoms with Crippen molar-refractivity contribution >= 4 is 28.8 Å². The summed E-state index contributed by atoms with van der Waals surface area (Å²) in [6.45, 7) is 3.62. The zero-order valence-corrected chi connectivity index (χ0v) is 14.7. The van der Waals surface area contributed by atoms with Gasteiger partial charge in [0.15, 0.2) is 6.54 Å². The largest absolute Gasteiger partial charge is 0.355 e. The van der Waals surface area contributed by atoms with Crippen LogP contribution in [0.5, 0.6) is 0 Å². The number of carbonyl (C=O) groups excluding carboxylic acids is 2. The summed E-state index contributed by atoms with van der Waals surface area (Å²) in [5, 5.41) is 7.64. The molecule has 2 amide bonds. The molecule has 2 aromatic rings. The summed E-state index contributed by atoms with van der Waals surface area (Å²) in [6, 6.07) is 9.47. The molecule has 0 radical (unpaired) electrons. The van der Waals surface area contributed by atoms with E-state index in [1.165, 1.54) is 15.3 Å². The molecule has 2 atom stereocenters. The molecular weight excluding hydrogens is 322 g/mol. The van der Waals surface area contributed by atoms with Crippen LogP contribution >= 0.6 is 11.3 Å². The maximum atomic E-state index is 12.3. The highest BCUT2D eigenvalue weighted by Crippen LogP contribution is 2.24. The molecule has 126 valence electrons. The summed E-state index contributed by atoms with van der Waals surface area (Å²) >= 11 is 1.81. The molecule has 1 aliphatic rings. The SMILES string of the molecule is CNC(=O)c1ccc(NC(=O)C[NH+]2CCc3sccc3[C@@H]2C)cc1. The maximum absolute atomic E-state index is 12.3. The van der Waals surface area contributed by atoms with Crippen LogP contribution in [0.2, 0.25) is 0 Å². The minimum absolute atomic E-state index is 0.00298. The monoisotopic (exact) mass is 344 g/mol. The van der Waals surface area contributed by atoms with Crippen molar-refractivity contribution in [1.82, 2.24) is 5.32 Å². The number of amides is 2. The molecule has 0 saturated carbocycles. The van der Waals surface area contributed by atoms with Gasteiger partial charge in [0.05, 0.1) is 6.54 Å². The van der Waals surface area contributed by atoms with E-state index in [1.54, 1.807) is 31.3 Å². The van der Waals surface area contributed by atoms with Crippen molar-refractivity contribution in [2.75, 3.05) is 25.5 Å². The van der Waals surface area contributed by atoms with Crippen LogP contribution in [0.3, 0.4) is 0 Å². The van der Waals surface area contributed by atoms with Crippen LogP contribution in [0.4, 0.5) is 5.69 Å². The molecule has 0 bridgehead atoms. The smallest absolute Gasteiger partial charge is 0.279 e. The highest BCUT2D eigenvalue weighted by atomic mass is 32.1. The van der Waals surface area contributed by atoms with Gasteiger partial charge in [-0.3, -0.25) is 9.59 Å².